The second-order valence-corrected chi connectivity index (χ2v) is 9.85. The van der Waals surface area contributed by atoms with E-state index in [1.807, 2.05) is 35.2 Å². The van der Waals surface area contributed by atoms with Crippen LogP contribution in [0.15, 0.2) is 60.2 Å². The first-order valence-electron chi connectivity index (χ1n) is 12.6. The molecule has 1 saturated heterocycles. The molecule has 1 N–H and O–H groups in total. The first-order chi connectivity index (χ1) is 17.4. The van der Waals surface area contributed by atoms with Crippen LogP contribution in [0.3, 0.4) is 0 Å². The Hall–Kier alpha value is -3.61. The number of likely N-dealkylation sites (N-methyl/N-ethyl adjacent to an activating group) is 1. The third-order valence-corrected chi connectivity index (χ3v) is 7.22. The van der Waals surface area contributed by atoms with Crippen LogP contribution >= 0.6 is 0 Å². The molecule has 0 aromatic heterocycles. The number of carboxylic acid groups (broad SMARTS) is 1. The van der Waals surface area contributed by atoms with Crippen molar-refractivity contribution in [2.24, 2.45) is 11.8 Å². The van der Waals surface area contributed by atoms with Crippen molar-refractivity contribution in [2.45, 2.75) is 38.6 Å². The van der Waals surface area contributed by atoms with Crippen LogP contribution < -0.4 is 4.74 Å². The number of ether oxygens (including phenoxy) is 1. The molecule has 2 aliphatic rings. The molecule has 0 radical (unpaired) electrons. The summed E-state index contributed by atoms with van der Waals surface area (Å²) in [6.45, 7) is 1.91. The van der Waals surface area contributed by atoms with Gasteiger partial charge in [-0.25, -0.2) is 4.79 Å². The van der Waals surface area contributed by atoms with Crippen LogP contribution in [0.1, 0.15) is 43.2 Å². The van der Waals surface area contributed by atoms with Crippen LogP contribution in [0.25, 0.3) is 6.08 Å². The average Bonchev–Trinajstić information content (AvgIpc) is 3.33. The Bertz CT molecular complexity index is 1080. The van der Waals surface area contributed by atoms with Crippen molar-refractivity contribution in [1.29, 1.82) is 0 Å². The average molecular weight is 491 g/mol. The van der Waals surface area contributed by atoms with E-state index in [1.165, 1.54) is 31.8 Å². The van der Waals surface area contributed by atoms with Gasteiger partial charge in [0.25, 0.3) is 5.91 Å². The zero-order valence-electron chi connectivity index (χ0n) is 20.8. The molecule has 0 unspecified atom stereocenters. The number of rotatable bonds is 9. The van der Waals surface area contributed by atoms with Gasteiger partial charge in [-0.05, 0) is 54.0 Å². The number of amides is 2. The van der Waals surface area contributed by atoms with E-state index < -0.39 is 5.97 Å². The van der Waals surface area contributed by atoms with E-state index in [9.17, 15) is 19.5 Å². The van der Waals surface area contributed by atoms with E-state index >= 15 is 0 Å². The molecular formula is C29H34N2O5. The van der Waals surface area contributed by atoms with Gasteiger partial charge in [0.05, 0.1) is 6.42 Å². The minimum atomic E-state index is -1.09. The van der Waals surface area contributed by atoms with Gasteiger partial charge in [-0.3, -0.25) is 9.59 Å². The Balaban J connectivity index is 1.30. The lowest BCUT2D eigenvalue weighted by Crippen LogP contribution is -2.30. The highest BCUT2D eigenvalue weighted by Gasteiger charge is 2.36. The lowest BCUT2D eigenvalue weighted by Gasteiger charge is -2.22. The second-order valence-electron chi connectivity index (χ2n) is 9.85. The molecule has 0 bridgehead atoms. The summed E-state index contributed by atoms with van der Waals surface area (Å²) >= 11 is 0. The summed E-state index contributed by atoms with van der Waals surface area (Å²) < 4.78 is 5.62. The molecule has 1 aliphatic carbocycles. The molecule has 0 spiro atoms. The molecule has 2 fully saturated rings. The Kier molecular flexibility index (Phi) is 8.41. The number of aliphatic carboxylic acids is 1. The van der Waals surface area contributed by atoms with Gasteiger partial charge in [-0.1, -0.05) is 55.3 Å². The van der Waals surface area contributed by atoms with Gasteiger partial charge in [0, 0.05) is 32.3 Å². The van der Waals surface area contributed by atoms with Crippen molar-refractivity contribution in [3.05, 3.63) is 71.3 Å². The first kappa shape index (κ1) is 25.5. The number of benzene rings is 2. The number of carbonyl (C=O) groups is 3. The van der Waals surface area contributed by atoms with E-state index in [-0.39, 0.29) is 30.4 Å². The molecule has 1 aliphatic heterocycles. The first-order valence-corrected chi connectivity index (χ1v) is 12.6. The van der Waals surface area contributed by atoms with Gasteiger partial charge >= 0.3 is 5.97 Å². The standard InChI is InChI=1S/C29H34N2O5/c1-30(17-22-7-3-2-4-8-22)28(33)20-36-26-13-11-21(12-14-26)15-25(29(34)35)16-27(32)31-18-23-9-5-6-10-24(23)19-31/h2-4,7-8,11-15,23-24H,5-6,9-10,16-20H2,1H3,(H,34,35)/b25-15+/t23-,24+. The van der Waals surface area contributed by atoms with Crippen LogP contribution in [-0.2, 0) is 20.9 Å². The van der Waals surface area contributed by atoms with E-state index in [0.717, 1.165) is 18.7 Å². The molecular weight excluding hydrogens is 456 g/mol. The van der Waals surface area contributed by atoms with Gasteiger partial charge in [-0.2, -0.15) is 0 Å². The monoisotopic (exact) mass is 490 g/mol. The third kappa shape index (κ3) is 6.74. The van der Waals surface area contributed by atoms with Crippen LogP contribution in [0.4, 0.5) is 0 Å². The number of hydrogen-bond donors (Lipinski definition) is 1. The number of hydrogen-bond acceptors (Lipinski definition) is 4. The summed E-state index contributed by atoms with van der Waals surface area (Å²) in [6.07, 6.45) is 6.20. The number of fused-ring (bicyclic) bond motifs is 1. The molecule has 7 nitrogen and oxygen atoms in total. The number of nitrogens with zero attached hydrogens (tertiary/aromatic N) is 2. The van der Waals surface area contributed by atoms with Gasteiger partial charge in [0.1, 0.15) is 5.75 Å². The number of likely N-dealkylation sites (tertiary alicyclic amines) is 1. The van der Waals surface area contributed by atoms with E-state index in [2.05, 4.69) is 0 Å². The zero-order valence-corrected chi connectivity index (χ0v) is 20.8. The van der Waals surface area contributed by atoms with Crippen molar-refractivity contribution in [3.8, 4) is 5.75 Å². The quantitative estimate of drug-likeness (QED) is 0.532. The Morgan fingerprint density at radius 2 is 1.64 bits per heavy atom. The highest BCUT2D eigenvalue weighted by molar-refractivity contribution is 5.98. The van der Waals surface area contributed by atoms with Crippen molar-refractivity contribution < 1.29 is 24.2 Å². The summed E-state index contributed by atoms with van der Waals surface area (Å²) in [5.41, 5.74) is 1.77. The fourth-order valence-corrected chi connectivity index (χ4v) is 5.13. The fourth-order valence-electron chi connectivity index (χ4n) is 5.13. The highest BCUT2D eigenvalue weighted by atomic mass is 16.5. The largest absolute Gasteiger partial charge is 0.484 e. The predicted molar refractivity (Wildman–Crippen MR) is 137 cm³/mol. The highest BCUT2D eigenvalue weighted by Crippen LogP contribution is 2.36. The summed E-state index contributed by atoms with van der Waals surface area (Å²) in [4.78, 5) is 40.5. The molecule has 2 aromatic rings. The molecule has 2 atom stereocenters. The molecule has 1 heterocycles. The molecule has 4 rings (SSSR count). The van der Waals surface area contributed by atoms with E-state index in [4.69, 9.17) is 4.74 Å². The lowest BCUT2D eigenvalue weighted by molar-refractivity contribution is -0.136. The number of carbonyl (C=O) groups excluding carboxylic acids is 2. The third-order valence-electron chi connectivity index (χ3n) is 7.22. The van der Waals surface area contributed by atoms with Crippen molar-refractivity contribution in [2.75, 3.05) is 26.7 Å². The SMILES string of the molecule is CN(Cc1ccccc1)C(=O)COc1ccc(/C=C(\CC(=O)N2C[C@H]3CCCC[C@H]3C2)C(=O)O)cc1. The maximum Gasteiger partial charge on any atom is 0.332 e. The topological polar surface area (TPSA) is 87.2 Å². The van der Waals surface area contributed by atoms with E-state index in [1.54, 1.807) is 36.2 Å². The Morgan fingerprint density at radius 3 is 2.25 bits per heavy atom. The summed E-state index contributed by atoms with van der Waals surface area (Å²) in [7, 11) is 1.73. The summed E-state index contributed by atoms with van der Waals surface area (Å²) in [6, 6.07) is 16.6. The summed E-state index contributed by atoms with van der Waals surface area (Å²) in [5, 5.41) is 9.68. The fraction of sp³-hybridized carbons (Fsp3) is 0.414. The molecule has 36 heavy (non-hydrogen) atoms. The molecule has 2 aromatic carbocycles. The van der Waals surface area contributed by atoms with E-state index in [0.29, 0.717) is 29.7 Å². The number of carboxylic acids is 1. The predicted octanol–water partition coefficient (Wildman–Crippen LogP) is 4.23. The minimum absolute atomic E-state index is 0.0706. The van der Waals surface area contributed by atoms with Gasteiger partial charge in [-0.15, -0.1) is 0 Å². The van der Waals surface area contributed by atoms with Crippen molar-refractivity contribution in [3.63, 3.8) is 0 Å². The zero-order chi connectivity index (χ0) is 25.5. The van der Waals surface area contributed by atoms with Crippen molar-refractivity contribution >= 4 is 23.9 Å². The van der Waals surface area contributed by atoms with Crippen LogP contribution in [-0.4, -0.2) is 59.4 Å². The minimum Gasteiger partial charge on any atom is -0.484 e. The molecule has 1 saturated carbocycles. The molecule has 190 valence electrons. The maximum atomic E-state index is 12.8. The van der Waals surface area contributed by atoms with Crippen LogP contribution in [0.5, 0.6) is 5.75 Å². The lowest BCUT2D eigenvalue weighted by atomic mass is 9.82. The van der Waals surface area contributed by atoms with Crippen molar-refractivity contribution in [1.82, 2.24) is 9.80 Å². The second kappa shape index (κ2) is 11.9. The van der Waals surface area contributed by atoms with Gasteiger partial charge in [0.2, 0.25) is 5.91 Å². The summed E-state index contributed by atoms with van der Waals surface area (Å²) in [5.74, 6) is 0.302. The molecule has 7 heteroatoms. The smallest absolute Gasteiger partial charge is 0.332 e. The van der Waals surface area contributed by atoms with Gasteiger partial charge in [0.15, 0.2) is 6.61 Å². The normalized spacial score (nSPS) is 19.5. The van der Waals surface area contributed by atoms with Gasteiger partial charge < -0.3 is 19.6 Å². The van der Waals surface area contributed by atoms with Crippen LogP contribution in [0.2, 0.25) is 0 Å². The molecule has 2 amide bonds. The Morgan fingerprint density at radius 1 is 1.00 bits per heavy atom. The Labute approximate surface area is 212 Å². The van der Waals surface area contributed by atoms with Crippen LogP contribution in [0, 0.1) is 11.8 Å². The maximum absolute atomic E-state index is 12.8.